The average Bonchev–Trinajstić information content (AvgIpc) is 2.22. The van der Waals surface area contributed by atoms with Crippen molar-refractivity contribution in [2.45, 2.75) is 46.6 Å². The highest BCUT2D eigenvalue weighted by molar-refractivity contribution is 6.28. The van der Waals surface area contributed by atoms with Gasteiger partial charge in [0.05, 0.1) is 12.7 Å². The van der Waals surface area contributed by atoms with E-state index in [0.717, 1.165) is 12.8 Å². The molecule has 0 unspecified atom stereocenters. The molecule has 0 aromatic carbocycles. The maximum absolute atomic E-state index is 5.77. The second-order valence-corrected chi connectivity index (χ2v) is 5.06. The van der Waals surface area contributed by atoms with E-state index >= 15 is 0 Å². The molecule has 1 rings (SSSR count). The molecule has 0 saturated heterocycles. The van der Waals surface area contributed by atoms with Crippen molar-refractivity contribution in [2.24, 2.45) is 5.92 Å². The topological polar surface area (TPSA) is 57.1 Å². The molecular weight excluding hydrogens is 254 g/mol. The van der Waals surface area contributed by atoms with Gasteiger partial charge < -0.3 is 9.47 Å². The van der Waals surface area contributed by atoms with E-state index in [4.69, 9.17) is 21.1 Å². The zero-order valence-electron chi connectivity index (χ0n) is 11.3. The van der Waals surface area contributed by atoms with Gasteiger partial charge in [0.25, 0.3) is 0 Å². The quantitative estimate of drug-likeness (QED) is 0.715. The van der Waals surface area contributed by atoms with Crippen molar-refractivity contribution in [3.8, 4) is 12.0 Å². The van der Waals surface area contributed by atoms with Crippen molar-refractivity contribution in [1.82, 2.24) is 15.0 Å². The predicted molar refractivity (Wildman–Crippen MR) is 70.2 cm³/mol. The van der Waals surface area contributed by atoms with Crippen LogP contribution in [0.3, 0.4) is 0 Å². The molecule has 0 N–H and O–H groups in total. The predicted octanol–water partition coefficient (Wildman–Crippen LogP) is 3.13. The van der Waals surface area contributed by atoms with Crippen molar-refractivity contribution in [2.75, 3.05) is 6.61 Å². The lowest BCUT2D eigenvalue weighted by atomic mass is 10.1. The number of halogens is 1. The van der Waals surface area contributed by atoms with Crippen LogP contribution in [0, 0.1) is 5.92 Å². The van der Waals surface area contributed by atoms with Gasteiger partial charge in [0.1, 0.15) is 0 Å². The largest absolute Gasteiger partial charge is 0.463 e. The number of hydrogen-bond donors (Lipinski definition) is 0. The Morgan fingerprint density at radius 3 is 2.33 bits per heavy atom. The van der Waals surface area contributed by atoms with Crippen LogP contribution in [-0.4, -0.2) is 27.7 Å². The number of nitrogens with zero attached hydrogens (tertiary/aromatic N) is 3. The lowest BCUT2D eigenvalue weighted by Crippen LogP contribution is -2.10. The third-order valence-electron chi connectivity index (χ3n) is 2.07. The molecule has 0 saturated carbocycles. The molecule has 0 aliphatic rings. The summed E-state index contributed by atoms with van der Waals surface area (Å²) in [7, 11) is 0. The SMILES string of the molecule is CC(C)CCCOc1nc(Cl)nc(OC(C)C)n1. The van der Waals surface area contributed by atoms with Crippen LogP contribution in [0.4, 0.5) is 0 Å². The molecule has 1 aromatic rings. The maximum Gasteiger partial charge on any atom is 0.324 e. The summed E-state index contributed by atoms with van der Waals surface area (Å²) in [4.78, 5) is 11.8. The summed E-state index contributed by atoms with van der Waals surface area (Å²) < 4.78 is 10.8. The molecule has 0 aliphatic carbocycles. The number of hydrogen-bond acceptors (Lipinski definition) is 5. The molecule has 1 aromatic heterocycles. The summed E-state index contributed by atoms with van der Waals surface area (Å²) in [6.07, 6.45) is 2.05. The van der Waals surface area contributed by atoms with Crippen molar-refractivity contribution in [3.63, 3.8) is 0 Å². The average molecular weight is 274 g/mol. The van der Waals surface area contributed by atoms with E-state index in [1.807, 2.05) is 13.8 Å². The lowest BCUT2D eigenvalue weighted by molar-refractivity contribution is 0.211. The summed E-state index contributed by atoms with van der Waals surface area (Å²) >= 11 is 5.77. The van der Waals surface area contributed by atoms with Gasteiger partial charge in [-0.2, -0.15) is 9.97 Å². The van der Waals surface area contributed by atoms with Crippen molar-refractivity contribution in [3.05, 3.63) is 5.28 Å². The summed E-state index contributed by atoms with van der Waals surface area (Å²) in [5, 5.41) is 0.0829. The van der Waals surface area contributed by atoms with E-state index in [0.29, 0.717) is 12.5 Å². The van der Waals surface area contributed by atoms with Gasteiger partial charge in [0, 0.05) is 0 Å². The Morgan fingerprint density at radius 1 is 1.06 bits per heavy atom. The molecule has 0 fully saturated rings. The highest BCUT2D eigenvalue weighted by Gasteiger charge is 2.08. The smallest absolute Gasteiger partial charge is 0.324 e. The van der Waals surface area contributed by atoms with Crippen LogP contribution in [-0.2, 0) is 0 Å². The normalized spacial score (nSPS) is 11.1. The Hall–Kier alpha value is -1.10. The Labute approximate surface area is 113 Å². The van der Waals surface area contributed by atoms with Crippen molar-refractivity contribution >= 4 is 11.6 Å². The van der Waals surface area contributed by atoms with Gasteiger partial charge >= 0.3 is 12.0 Å². The second-order valence-electron chi connectivity index (χ2n) is 4.72. The molecule has 0 bridgehead atoms. The van der Waals surface area contributed by atoms with E-state index in [-0.39, 0.29) is 23.4 Å². The first-order valence-corrected chi connectivity index (χ1v) is 6.56. The van der Waals surface area contributed by atoms with Gasteiger partial charge in [-0.05, 0) is 44.2 Å². The van der Waals surface area contributed by atoms with E-state index in [2.05, 4.69) is 28.8 Å². The van der Waals surface area contributed by atoms with Crippen LogP contribution in [0.5, 0.6) is 12.0 Å². The molecule has 102 valence electrons. The van der Waals surface area contributed by atoms with Crippen LogP contribution in [0.15, 0.2) is 0 Å². The van der Waals surface area contributed by atoms with Crippen molar-refractivity contribution < 1.29 is 9.47 Å². The Bertz CT molecular complexity index is 372. The molecule has 0 radical (unpaired) electrons. The van der Waals surface area contributed by atoms with Crippen LogP contribution in [0.2, 0.25) is 5.28 Å². The van der Waals surface area contributed by atoms with Crippen LogP contribution < -0.4 is 9.47 Å². The maximum atomic E-state index is 5.77. The van der Waals surface area contributed by atoms with Crippen molar-refractivity contribution in [1.29, 1.82) is 0 Å². The summed E-state index contributed by atoms with van der Waals surface area (Å²) in [6, 6.07) is 0.415. The van der Waals surface area contributed by atoms with Gasteiger partial charge in [0.15, 0.2) is 0 Å². The highest BCUT2D eigenvalue weighted by Crippen LogP contribution is 2.14. The summed E-state index contributed by atoms with van der Waals surface area (Å²) in [6.45, 7) is 8.70. The van der Waals surface area contributed by atoms with E-state index < -0.39 is 0 Å². The Kier molecular flexibility index (Phi) is 6.12. The van der Waals surface area contributed by atoms with E-state index in [9.17, 15) is 0 Å². The number of ether oxygens (including phenoxy) is 2. The molecule has 0 atom stereocenters. The van der Waals surface area contributed by atoms with Gasteiger partial charge in [-0.3, -0.25) is 0 Å². The standard InChI is InChI=1S/C12H20ClN3O2/c1-8(2)6-5-7-17-11-14-10(13)15-12(16-11)18-9(3)4/h8-9H,5-7H2,1-4H3. The first kappa shape index (κ1) is 15.0. The monoisotopic (exact) mass is 273 g/mol. The van der Waals surface area contributed by atoms with E-state index in [1.54, 1.807) is 0 Å². The van der Waals surface area contributed by atoms with Gasteiger partial charge in [-0.25, -0.2) is 0 Å². The minimum Gasteiger partial charge on any atom is -0.463 e. The highest BCUT2D eigenvalue weighted by atomic mass is 35.5. The molecule has 0 amide bonds. The zero-order chi connectivity index (χ0) is 13.5. The fourth-order valence-electron chi connectivity index (χ4n) is 1.30. The second kappa shape index (κ2) is 7.36. The summed E-state index contributed by atoms with van der Waals surface area (Å²) in [5.41, 5.74) is 0. The third-order valence-corrected chi connectivity index (χ3v) is 2.23. The lowest BCUT2D eigenvalue weighted by Gasteiger charge is -2.09. The fraction of sp³-hybridized carbons (Fsp3) is 0.750. The first-order valence-electron chi connectivity index (χ1n) is 6.18. The molecule has 6 heteroatoms. The van der Waals surface area contributed by atoms with Gasteiger partial charge in [-0.15, -0.1) is 4.98 Å². The summed E-state index contributed by atoms with van der Waals surface area (Å²) in [5.74, 6) is 0.662. The third kappa shape index (κ3) is 6.00. The number of aromatic nitrogens is 3. The molecule has 18 heavy (non-hydrogen) atoms. The molecule has 0 aliphatic heterocycles. The van der Waals surface area contributed by atoms with Crippen LogP contribution >= 0.6 is 11.6 Å². The van der Waals surface area contributed by atoms with Gasteiger partial charge in [0.2, 0.25) is 5.28 Å². The van der Waals surface area contributed by atoms with Gasteiger partial charge in [-0.1, -0.05) is 13.8 Å². The molecule has 0 spiro atoms. The zero-order valence-corrected chi connectivity index (χ0v) is 12.1. The molecule has 5 nitrogen and oxygen atoms in total. The van der Waals surface area contributed by atoms with Crippen LogP contribution in [0.25, 0.3) is 0 Å². The Morgan fingerprint density at radius 2 is 1.72 bits per heavy atom. The minimum atomic E-state index is -0.0164. The first-order chi connectivity index (χ1) is 8.47. The fourth-order valence-corrected chi connectivity index (χ4v) is 1.44. The van der Waals surface area contributed by atoms with E-state index in [1.165, 1.54) is 0 Å². The Balaban J connectivity index is 2.51. The molecular formula is C12H20ClN3O2. The number of rotatable bonds is 7. The molecule has 1 heterocycles. The minimum absolute atomic E-state index is 0.0164. The van der Waals surface area contributed by atoms with Crippen LogP contribution in [0.1, 0.15) is 40.5 Å².